The second kappa shape index (κ2) is 6.96. The first-order chi connectivity index (χ1) is 10.7. The van der Waals surface area contributed by atoms with E-state index in [2.05, 4.69) is 27.2 Å². The Morgan fingerprint density at radius 2 is 1.86 bits per heavy atom. The van der Waals surface area contributed by atoms with Crippen LogP contribution in [0.5, 0.6) is 0 Å². The van der Waals surface area contributed by atoms with Gasteiger partial charge in [0.2, 0.25) is 11.9 Å². The maximum absolute atomic E-state index is 5.81. The molecule has 6 heteroatoms. The maximum Gasteiger partial charge on any atom is 0.232 e. The summed E-state index contributed by atoms with van der Waals surface area (Å²) >= 11 is 1.93. The molecule has 1 aliphatic carbocycles. The first kappa shape index (κ1) is 15.1. The number of nitrogens with one attached hydrogen (secondary N) is 1. The van der Waals surface area contributed by atoms with Crippen molar-refractivity contribution in [3.05, 3.63) is 35.7 Å². The van der Waals surface area contributed by atoms with Gasteiger partial charge in [-0.25, -0.2) is 0 Å². The minimum atomic E-state index is 0.270. The molecular weight excluding hydrogens is 294 g/mol. The van der Waals surface area contributed by atoms with Crippen molar-refractivity contribution >= 4 is 29.3 Å². The molecule has 1 aromatic carbocycles. The summed E-state index contributed by atoms with van der Waals surface area (Å²) in [5.74, 6) is 2.32. The molecule has 1 saturated carbocycles. The molecule has 5 nitrogen and oxygen atoms in total. The van der Waals surface area contributed by atoms with Crippen LogP contribution in [0.1, 0.15) is 37.1 Å². The predicted molar refractivity (Wildman–Crippen MR) is 92.3 cm³/mol. The Morgan fingerprint density at radius 1 is 1.14 bits per heavy atom. The molecule has 0 aliphatic heterocycles. The van der Waals surface area contributed by atoms with Crippen molar-refractivity contribution in [3.8, 4) is 0 Å². The summed E-state index contributed by atoms with van der Waals surface area (Å²) in [7, 11) is 0. The van der Waals surface area contributed by atoms with Crippen molar-refractivity contribution in [2.24, 2.45) is 0 Å². The van der Waals surface area contributed by atoms with E-state index in [9.17, 15) is 0 Å². The number of hydrogen-bond acceptors (Lipinski definition) is 6. The minimum Gasteiger partial charge on any atom is -0.368 e. The first-order valence-electron chi connectivity index (χ1n) is 7.65. The Hall–Kier alpha value is -1.82. The molecule has 3 rings (SSSR count). The normalized spacial score (nSPS) is 15.1. The van der Waals surface area contributed by atoms with Crippen LogP contribution in [-0.2, 0) is 5.75 Å². The smallest absolute Gasteiger partial charge is 0.232 e. The lowest BCUT2D eigenvalue weighted by Gasteiger charge is -2.10. The van der Waals surface area contributed by atoms with Crippen LogP contribution >= 0.6 is 11.8 Å². The van der Waals surface area contributed by atoms with Crippen molar-refractivity contribution in [2.75, 3.05) is 11.1 Å². The molecule has 1 aliphatic rings. The van der Waals surface area contributed by atoms with Gasteiger partial charge in [-0.1, -0.05) is 30.5 Å². The van der Waals surface area contributed by atoms with Crippen molar-refractivity contribution in [1.29, 1.82) is 0 Å². The van der Waals surface area contributed by atoms with E-state index in [4.69, 9.17) is 5.73 Å². The Balaban J connectivity index is 1.67. The summed E-state index contributed by atoms with van der Waals surface area (Å²) in [4.78, 5) is 12.9. The fourth-order valence-corrected chi connectivity index (χ4v) is 3.75. The highest BCUT2D eigenvalue weighted by Crippen LogP contribution is 2.31. The van der Waals surface area contributed by atoms with Gasteiger partial charge in [0, 0.05) is 10.9 Å². The van der Waals surface area contributed by atoms with Gasteiger partial charge < -0.3 is 11.1 Å². The number of nitrogens with two attached hydrogens (primary N) is 1. The summed E-state index contributed by atoms with van der Waals surface area (Å²) in [6.45, 7) is 2.06. The third kappa shape index (κ3) is 4.10. The summed E-state index contributed by atoms with van der Waals surface area (Å²) in [6.07, 6.45) is 5.30. The van der Waals surface area contributed by atoms with Crippen molar-refractivity contribution < 1.29 is 0 Å². The summed E-state index contributed by atoms with van der Waals surface area (Å²) in [6, 6.07) is 8.10. The average molecular weight is 315 g/mol. The second-order valence-electron chi connectivity index (χ2n) is 5.64. The summed E-state index contributed by atoms with van der Waals surface area (Å²) in [5.41, 5.74) is 7.98. The molecule has 0 bridgehead atoms. The Morgan fingerprint density at radius 3 is 2.59 bits per heavy atom. The largest absolute Gasteiger partial charge is 0.368 e. The zero-order valence-electron chi connectivity index (χ0n) is 12.7. The highest BCUT2D eigenvalue weighted by atomic mass is 32.2. The third-order valence-corrected chi connectivity index (χ3v) is 5.12. The monoisotopic (exact) mass is 315 g/mol. The van der Waals surface area contributed by atoms with Gasteiger partial charge in [0.1, 0.15) is 5.82 Å². The molecule has 22 heavy (non-hydrogen) atoms. The van der Waals surface area contributed by atoms with Gasteiger partial charge in [-0.2, -0.15) is 26.7 Å². The number of thioether (sulfide) groups is 1. The molecule has 0 atom stereocenters. The lowest BCUT2D eigenvalue weighted by Crippen LogP contribution is -2.07. The van der Waals surface area contributed by atoms with Crippen molar-refractivity contribution in [1.82, 2.24) is 15.0 Å². The van der Waals surface area contributed by atoms with E-state index in [1.54, 1.807) is 0 Å². The zero-order valence-corrected chi connectivity index (χ0v) is 13.6. The topological polar surface area (TPSA) is 76.7 Å². The van der Waals surface area contributed by atoms with E-state index in [0.717, 1.165) is 22.5 Å². The lowest BCUT2D eigenvalue weighted by molar-refractivity contribution is 0.886. The number of aromatic nitrogens is 3. The number of benzene rings is 1. The Bertz CT molecular complexity index is 623. The van der Waals surface area contributed by atoms with Gasteiger partial charge in [0.25, 0.3) is 0 Å². The van der Waals surface area contributed by atoms with Crippen LogP contribution in [0.25, 0.3) is 0 Å². The van der Waals surface area contributed by atoms with E-state index in [-0.39, 0.29) is 5.95 Å². The Kier molecular flexibility index (Phi) is 4.77. The molecule has 0 saturated heterocycles. The zero-order chi connectivity index (χ0) is 15.4. The van der Waals surface area contributed by atoms with E-state index in [1.165, 1.54) is 31.2 Å². The number of nitrogens with zero attached hydrogens (tertiary/aromatic N) is 3. The standard InChI is InChI=1S/C16H21N5S/c1-11-6-8-12(9-7-11)18-16-20-14(19-15(17)21-16)10-22-13-4-2-3-5-13/h6-9,13H,2-5,10H2,1H3,(H3,17,18,19,20,21). The van der Waals surface area contributed by atoms with Gasteiger partial charge in [-0.15, -0.1) is 0 Å². The second-order valence-corrected chi connectivity index (χ2v) is 6.93. The van der Waals surface area contributed by atoms with Crippen LogP contribution < -0.4 is 11.1 Å². The third-order valence-electron chi connectivity index (χ3n) is 3.76. The molecule has 0 spiro atoms. The molecule has 0 radical (unpaired) electrons. The molecule has 3 N–H and O–H groups in total. The number of anilines is 3. The quantitative estimate of drug-likeness (QED) is 0.876. The molecule has 0 amide bonds. The van der Waals surface area contributed by atoms with Gasteiger partial charge in [0.05, 0.1) is 5.75 Å². The van der Waals surface area contributed by atoms with E-state index in [1.807, 2.05) is 36.0 Å². The molecule has 2 aromatic rings. The van der Waals surface area contributed by atoms with Crippen LogP contribution in [-0.4, -0.2) is 20.2 Å². The number of nitrogen functional groups attached to an aromatic ring is 1. The van der Waals surface area contributed by atoms with Crippen LogP contribution in [0.4, 0.5) is 17.6 Å². The molecule has 1 aromatic heterocycles. The Labute approximate surface area is 135 Å². The lowest BCUT2D eigenvalue weighted by atomic mass is 10.2. The minimum absolute atomic E-state index is 0.270. The van der Waals surface area contributed by atoms with Gasteiger partial charge in [0.15, 0.2) is 0 Å². The van der Waals surface area contributed by atoms with Crippen LogP contribution in [0, 0.1) is 6.92 Å². The van der Waals surface area contributed by atoms with Crippen molar-refractivity contribution in [3.63, 3.8) is 0 Å². The maximum atomic E-state index is 5.81. The number of aryl methyl sites for hydroxylation is 1. The van der Waals surface area contributed by atoms with Gasteiger partial charge >= 0.3 is 0 Å². The molecule has 1 heterocycles. The van der Waals surface area contributed by atoms with Crippen LogP contribution in [0.3, 0.4) is 0 Å². The van der Waals surface area contributed by atoms with Gasteiger partial charge in [-0.05, 0) is 31.9 Å². The predicted octanol–water partition coefficient (Wildman–Crippen LogP) is 3.68. The fraction of sp³-hybridized carbons (Fsp3) is 0.438. The first-order valence-corrected chi connectivity index (χ1v) is 8.69. The summed E-state index contributed by atoms with van der Waals surface area (Å²) < 4.78 is 0. The molecular formula is C16H21N5S. The number of hydrogen-bond donors (Lipinski definition) is 2. The van der Waals surface area contributed by atoms with Crippen LogP contribution in [0.15, 0.2) is 24.3 Å². The highest BCUT2D eigenvalue weighted by Gasteiger charge is 2.16. The number of rotatable bonds is 5. The molecule has 0 unspecified atom stereocenters. The fourth-order valence-electron chi connectivity index (χ4n) is 2.57. The molecule has 1 fully saturated rings. The summed E-state index contributed by atoms with van der Waals surface area (Å²) in [5, 5.41) is 3.93. The molecule has 116 valence electrons. The van der Waals surface area contributed by atoms with Crippen LogP contribution in [0.2, 0.25) is 0 Å². The van der Waals surface area contributed by atoms with E-state index < -0.39 is 0 Å². The SMILES string of the molecule is Cc1ccc(Nc2nc(N)nc(CSC3CCCC3)n2)cc1. The van der Waals surface area contributed by atoms with E-state index >= 15 is 0 Å². The van der Waals surface area contributed by atoms with E-state index in [0.29, 0.717) is 5.95 Å². The van der Waals surface area contributed by atoms with Crippen molar-refractivity contribution in [2.45, 2.75) is 43.6 Å². The van der Waals surface area contributed by atoms with Gasteiger partial charge in [-0.3, -0.25) is 0 Å². The average Bonchev–Trinajstić information content (AvgIpc) is 3.00. The highest BCUT2D eigenvalue weighted by molar-refractivity contribution is 7.99.